The molecule has 20 heavy (non-hydrogen) atoms. The lowest BCUT2D eigenvalue weighted by Crippen LogP contribution is -2.38. The zero-order valence-corrected chi connectivity index (χ0v) is 12.7. The molecule has 2 rings (SSSR count). The zero-order valence-electron chi connectivity index (χ0n) is 11.9. The SMILES string of the molecule is CC(CNC(=O)c1cc(Cl)ccn1)CN1CCCCC1. The molecule has 1 aliphatic rings. The molecule has 0 spiro atoms. The Bertz CT molecular complexity index is 446. The van der Waals surface area contributed by atoms with Crippen LogP contribution in [0, 0.1) is 5.92 Å². The van der Waals surface area contributed by atoms with Crippen LogP contribution < -0.4 is 5.32 Å². The van der Waals surface area contributed by atoms with Gasteiger partial charge in [-0.3, -0.25) is 9.78 Å². The van der Waals surface area contributed by atoms with Crippen LogP contribution in [0.25, 0.3) is 0 Å². The summed E-state index contributed by atoms with van der Waals surface area (Å²) in [5.41, 5.74) is 0.377. The quantitative estimate of drug-likeness (QED) is 0.908. The standard InChI is InChI=1S/C15H22ClN3O/c1-12(11-19-7-3-2-4-8-19)10-18-15(20)14-9-13(16)5-6-17-14/h5-6,9,12H,2-4,7-8,10-11H2,1H3,(H,18,20). The van der Waals surface area contributed by atoms with E-state index in [0.29, 0.717) is 23.2 Å². The van der Waals surface area contributed by atoms with E-state index in [1.54, 1.807) is 18.3 Å². The minimum absolute atomic E-state index is 0.155. The van der Waals surface area contributed by atoms with Gasteiger partial charge in [0, 0.05) is 24.3 Å². The highest BCUT2D eigenvalue weighted by molar-refractivity contribution is 6.30. The topological polar surface area (TPSA) is 45.2 Å². The normalized spacial score (nSPS) is 17.7. The van der Waals surface area contributed by atoms with Crippen LogP contribution in [-0.4, -0.2) is 42.0 Å². The van der Waals surface area contributed by atoms with Gasteiger partial charge in [0.05, 0.1) is 0 Å². The van der Waals surface area contributed by atoms with Gasteiger partial charge in [-0.25, -0.2) is 0 Å². The third kappa shape index (κ3) is 4.76. The van der Waals surface area contributed by atoms with Gasteiger partial charge in [-0.1, -0.05) is 24.9 Å². The number of halogens is 1. The first kappa shape index (κ1) is 15.3. The average molecular weight is 296 g/mol. The smallest absolute Gasteiger partial charge is 0.269 e. The number of piperidine rings is 1. The maximum absolute atomic E-state index is 11.9. The molecular formula is C15H22ClN3O. The number of carbonyl (C=O) groups is 1. The van der Waals surface area contributed by atoms with Crippen LogP contribution >= 0.6 is 11.6 Å². The van der Waals surface area contributed by atoms with Crippen molar-refractivity contribution in [3.8, 4) is 0 Å². The number of carbonyl (C=O) groups excluding carboxylic acids is 1. The fraction of sp³-hybridized carbons (Fsp3) is 0.600. The second-order valence-corrected chi connectivity index (χ2v) is 5.97. The van der Waals surface area contributed by atoms with Crippen molar-refractivity contribution >= 4 is 17.5 Å². The molecule has 1 aliphatic heterocycles. The fourth-order valence-corrected chi connectivity index (χ4v) is 2.69. The third-order valence-electron chi connectivity index (χ3n) is 3.58. The number of amides is 1. The van der Waals surface area contributed by atoms with Gasteiger partial charge in [0.25, 0.3) is 5.91 Å². The highest BCUT2D eigenvalue weighted by Crippen LogP contribution is 2.11. The van der Waals surface area contributed by atoms with E-state index in [4.69, 9.17) is 11.6 Å². The summed E-state index contributed by atoms with van der Waals surface area (Å²) in [6.45, 7) is 6.26. The molecule has 1 unspecified atom stereocenters. The predicted octanol–water partition coefficient (Wildman–Crippen LogP) is 2.59. The largest absolute Gasteiger partial charge is 0.350 e. The summed E-state index contributed by atoms with van der Waals surface area (Å²) in [5, 5.41) is 3.46. The molecule has 0 bridgehead atoms. The molecule has 1 atom stereocenters. The number of rotatable bonds is 5. The number of nitrogens with one attached hydrogen (secondary N) is 1. The summed E-state index contributed by atoms with van der Waals surface area (Å²) in [4.78, 5) is 18.5. The van der Waals surface area contributed by atoms with E-state index in [1.807, 2.05) is 0 Å². The highest BCUT2D eigenvalue weighted by Gasteiger charge is 2.14. The maximum atomic E-state index is 11.9. The molecule has 5 heteroatoms. The van der Waals surface area contributed by atoms with Crippen LogP contribution in [0.15, 0.2) is 18.3 Å². The van der Waals surface area contributed by atoms with Crippen LogP contribution in [0.5, 0.6) is 0 Å². The van der Waals surface area contributed by atoms with Gasteiger partial charge in [0.15, 0.2) is 0 Å². The first-order valence-electron chi connectivity index (χ1n) is 7.27. The van der Waals surface area contributed by atoms with Crippen LogP contribution in [0.4, 0.5) is 0 Å². The van der Waals surface area contributed by atoms with Gasteiger partial charge < -0.3 is 10.2 Å². The van der Waals surface area contributed by atoms with E-state index in [1.165, 1.54) is 32.4 Å². The Morgan fingerprint density at radius 1 is 1.45 bits per heavy atom. The van der Waals surface area contributed by atoms with E-state index in [2.05, 4.69) is 22.1 Å². The first-order valence-corrected chi connectivity index (χ1v) is 7.65. The molecule has 0 aromatic carbocycles. The van der Waals surface area contributed by atoms with Crippen molar-refractivity contribution in [3.05, 3.63) is 29.0 Å². The molecule has 1 aromatic heterocycles. The zero-order chi connectivity index (χ0) is 14.4. The van der Waals surface area contributed by atoms with Gasteiger partial charge in [0.1, 0.15) is 5.69 Å². The summed E-state index contributed by atoms with van der Waals surface area (Å²) in [6, 6.07) is 3.25. The van der Waals surface area contributed by atoms with Crippen molar-refractivity contribution in [1.82, 2.24) is 15.2 Å². The maximum Gasteiger partial charge on any atom is 0.269 e. The van der Waals surface area contributed by atoms with Crippen molar-refractivity contribution in [2.45, 2.75) is 26.2 Å². The van der Waals surface area contributed by atoms with Gasteiger partial charge in [-0.2, -0.15) is 0 Å². The monoisotopic (exact) mass is 295 g/mol. The molecule has 2 heterocycles. The van der Waals surface area contributed by atoms with Crippen molar-refractivity contribution in [1.29, 1.82) is 0 Å². The number of nitrogens with zero attached hydrogens (tertiary/aromatic N) is 2. The summed E-state index contributed by atoms with van der Waals surface area (Å²) in [7, 11) is 0. The summed E-state index contributed by atoms with van der Waals surface area (Å²) < 4.78 is 0. The van der Waals surface area contributed by atoms with E-state index in [0.717, 1.165) is 6.54 Å². The Balaban J connectivity index is 1.75. The summed E-state index contributed by atoms with van der Waals surface area (Å²) >= 11 is 5.85. The highest BCUT2D eigenvalue weighted by atomic mass is 35.5. The lowest BCUT2D eigenvalue weighted by atomic mass is 10.1. The number of pyridine rings is 1. The van der Waals surface area contributed by atoms with Crippen molar-refractivity contribution in [2.75, 3.05) is 26.2 Å². The molecule has 4 nitrogen and oxygen atoms in total. The molecule has 1 amide bonds. The fourth-order valence-electron chi connectivity index (χ4n) is 2.53. The number of hydrogen-bond acceptors (Lipinski definition) is 3. The molecular weight excluding hydrogens is 274 g/mol. The van der Waals surface area contributed by atoms with Gasteiger partial charge >= 0.3 is 0 Å². The van der Waals surface area contributed by atoms with Gasteiger partial charge in [0.2, 0.25) is 0 Å². The Kier molecular flexibility index (Phi) is 5.80. The molecule has 0 saturated carbocycles. The Morgan fingerprint density at radius 2 is 2.20 bits per heavy atom. The van der Waals surface area contributed by atoms with Crippen molar-refractivity contribution < 1.29 is 4.79 Å². The van der Waals surface area contributed by atoms with Gasteiger partial charge in [-0.15, -0.1) is 0 Å². The lowest BCUT2D eigenvalue weighted by molar-refractivity contribution is 0.0937. The molecule has 0 aliphatic carbocycles. The number of hydrogen-bond donors (Lipinski definition) is 1. The lowest BCUT2D eigenvalue weighted by Gasteiger charge is -2.29. The molecule has 1 saturated heterocycles. The Hall–Kier alpha value is -1.13. The molecule has 110 valence electrons. The van der Waals surface area contributed by atoms with Gasteiger partial charge in [-0.05, 0) is 44.0 Å². The molecule has 1 N–H and O–H groups in total. The summed E-state index contributed by atoms with van der Waals surface area (Å²) in [6.07, 6.45) is 5.49. The predicted molar refractivity (Wildman–Crippen MR) is 81.0 cm³/mol. The average Bonchev–Trinajstić information content (AvgIpc) is 2.46. The second kappa shape index (κ2) is 7.60. The molecule has 1 aromatic rings. The Labute approximate surface area is 125 Å². The van der Waals surface area contributed by atoms with E-state index < -0.39 is 0 Å². The number of likely N-dealkylation sites (tertiary alicyclic amines) is 1. The Morgan fingerprint density at radius 3 is 2.90 bits per heavy atom. The van der Waals surface area contributed by atoms with Crippen molar-refractivity contribution in [2.24, 2.45) is 5.92 Å². The minimum Gasteiger partial charge on any atom is -0.350 e. The second-order valence-electron chi connectivity index (χ2n) is 5.54. The van der Waals surface area contributed by atoms with E-state index in [-0.39, 0.29) is 5.91 Å². The molecule has 1 fully saturated rings. The van der Waals surface area contributed by atoms with Crippen LogP contribution in [0.1, 0.15) is 36.7 Å². The van der Waals surface area contributed by atoms with E-state index >= 15 is 0 Å². The number of aromatic nitrogens is 1. The molecule has 0 radical (unpaired) electrons. The minimum atomic E-state index is -0.155. The first-order chi connectivity index (χ1) is 9.65. The van der Waals surface area contributed by atoms with E-state index in [9.17, 15) is 4.79 Å². The van der Waals surface area contributed by atoms with Crippen LogP contribution in [-0.2, 0) is 0 Å². The summed E-state index contributed by atoms with van der Waals surface area (Å²) in [5.74, 6) is 0.286. The van der Waals surface area contributed by atoms with Crippen LogP contribution in [0.2, 0.25) is 5.02 Å². The van der Waals surface area contributed by atoms with Crippen molar-refractivity contribution in [3.63, 3.8) is 0 Å². The third-order valence-corrected chi connectivity index (χ3v) is 3.82. The van der Waals surface area contributed by atoms with Crippen LogP contribution in [0.3, 0.4) is 0 Å².